The van der Waals surface area contributed by atoms with Crippen LogP contribution < -0.4 is 5.32 Å². The highest BCUT2D eigenvalue weighted by molar-refractivity contribution is 6.07. The predicted octanol–water partition coefficient (Wildman–Crippen LogP) is 3.25. The summed E-state index contributed by atoms with van der Waals surface area (Å²) in [4.78, 5) is 31.3. The Morgan fingerprint density at radius 2 is 2.03 bits per heavy atom. The average Bonchev–Trinajstić information content (AvgIpc) is 3.27. The second-order valence-corrected chi connectivity index (χ2v) is 7.69. The number of likely N-dealkylation sites (tertiary alicyclic amines) is 1. The Morgan fingerprint density at radius 3 is 2.72 bits per heavy atom. The van der Waals surface area contributed by atoms with Crippen molar-refractivity contribution in [1.82, 2.24) is 20.4 Å². The first kappa shape index (κ1) is 19.1. The number of carbonyl (C=O) groups is 2. The smallest absolute Gasteiger partial charge is 0.259 e. The number of aryl methyl sites for hydroxylation is 2. The lowest BCUT2D eigenvalue weighted by molar-refractivity contribution is -0.127. The fraction of sp³-hybridized carbons (Fsp3) is 0.364. The molecule has 29 heavy (non-hydrogen) atoms. The number of pyridine rings is 1. The Labute approximate surface area is 169 Å². The van der Waals surface area contributed by atoms with Gasteiger partial charge in [-0.15, -0.1) is 0 Å². The van der Waals surface area contributed by atoms with Gasteiger partial charge in [0.15, 0.2) is 0 Å². The molecule has 7 nitrogen and oxygen atoms in total. The number of fused-ring (bicyclic) bond motifs is 1. The van der Waals surface area contributed by atoms with E-state index in [9.17, 15) is 9.59 Å². The topological polar surface area (TPSA) is 88.3 Å². The van der Waals surface area contributed by atoms with Crippen molar-refractivity contribution in [2.24, 2.45) is 0 Å². The molecule has 1 aliphatic rings. The molecular weight excluding hydrogens is 368 g/mol. The number of nitrogens with one attached hydrogen (secondary N) is 1. The van der Waals surface area contributed by atoms with Gasteiger partial charge in [-0.05, 0) is 33.3 Å². The van der Waals surface area contributed by atoms with Crippen molar-refractivity contribution in [3.05, 3.63) is 47.2 Å². The number of nitrogens with zero attached hydrogens (tertiary/aromatic N) is 3. The quantitative estimate of drug-likeness (QED) is 0.720. The minimum absolute atomic E-state index is 0.147. The van der Waals surface area contributed by atoms with E-state index in [-0.39, 0.29) is 17.9 Å². The van der Waals surface area contributed by atoms with Gasteiger partial charge in [-0.2, -0.15) is 0 Å². The largest absolute Gasteiger partial charge is 0.348 e. The molecule has 0 saturated carbocycles. The highest BCUT2D eigenvalue weighted by atomic mass is 16.5. The van der Waals surface area contributed by atoms with Crippen LogP contribution in [-0.4, -0.2) is 46.0 Å². The summed E-state index contributed by atoms with van der Waals surface area (Å²) in [5.74, 6) is -0.0786. The molecule has 3 heterocycles. The molecule has 2 amide bonds. The molecule has 1 aliphatic heterocycles. The van der Waals surface area contributed by atoms with Crippen molar-refractivity contribution in [3.8, 4) is 11.3 Å². The van der Waals surface area contributed by atoms with E-state index in [1.165, 1.54) is 0 Å². The summed E-state index contributed by atoms with van der Waals surface area (Å²) in [6.07, 6.45) is 1.47. The Hall–Kier alpha value is -3.22. The zero-order valence-corrected chi connectivity index (χ0v) is 16.9. The van der Waals surface area contributed by atoms with Crippen molar-refractivity contribution in [2.45, 2.75) is 39.7 Å². The van der Waals surface area contributed by atoms with Gasteiger partial charge in [0, 0.05) is 31.1 Å². The van der Waals surface area contributed by atoms with Crippen LogP contribution in [-0.2, 0) is 4.79 Å². The van der Waals surface area contributed by atoms with Gasteiger partial charge in [0.2, 0.25) is 5.91 Å². The van der Waals surface area contributed by atoms with Gasteiger partial charge >= 0.3 is 0 Å². The minimum atomic E-state index is -0.226. The summed E-state index contributed by atoms with van der Waals surface area (Å²) in [6, 6.07) is 9.55. The lowest BCUT2D eigenvalue weighted by Crippen LogP contribution is -2.42. The van der Waals surface area contributed by atoms with Gasteiger partial charge in [0.05, 0.1) is 22.3 Å². The van der Waals surface area contributed by atoms with E-state index in [1.54, 1.807) is 17.9 Å². The van der Waals surface area contributed by atoms with Crippen LogP contribution in [0.2, 0.25) is 0 Å². The molecule has 1 saturated heterocycles. The maximum Gasteiger partial charge on any atom is 0.259 e. The fourth-order valence-electron chi connectivity index (χ4n) is 3.72. The molecule has 150 valence electrons. The zero-order valence-electron chi connectivity index (χ0n) is 16.9. The molecule has 2 aromatic heterocycles. The molecule has 1 atom stereocenters. The maximum atomic E-state index is 13.1. The number of carbonyl (C=O) groups excluding carboxylic acids is 2. The molecular formula is C22H24N4O3. The fourth-order valence-corrected chi connectivity index (χ4v) is 3.72. The Balaban J connectivity index is 1.64. The molecule has 3 aromatic rings. The van der Waals surface area contributed by atoms with Gasteiger partial charge in [0.1, 0.15) is 0 Å². The first-order valence-corrected chi connectivity index (χ1v) is 9.85. The van der Waals surface area contributed by atoms with Gasteiger partial charge in [-0.25, -0.2) is 4.98 Å². The van der Waals surface area contributed by atoms with Gasteiger partial charge < -0.3 is 14.7 Å². The minimum Gasteiger partial charge on any atom is -0.348 e. The highest BCUT2D eigenvalue weighted by Gasteiger charge is 2.24. The van der Waals surface area contributed by atoms with E-state index in [0.29, 0.717) is 41.0 Å². The number of rotatable bonds is 5. The number of aromatic nitrogens is 2. The van der Waals surface area contributed by atoms with E-state index < -0.39 is 0 Å². The highest BCUT2D eigenvalue weighted by Crippen LogP contribution is 2.27. The van der Waals surface area contributed by atoms with Crippen LogP contribution in [0.3, 0.4) is 0 Å². The Bertz CT molecular complexity index is 1070. The maximum absolute atomic E-state index is 13.1. The number of benzene rings is 1. The Kier molecular flexibility index (Phi) is 5.05. The number of hydrogen-bond acceptors (Lipinski definition) is 5. The van der Waals surface area contributed by atoms with Crippen molar-refractivity contribution in [2.75, 3.05) is 13.1 Å². The predicted molar refractivity (Wildman–Crippen MR) is 109 cm³/mol. The molecule has 7 heteroatoms. The molecule has 0 radical (unpaired) electrons. The van der Waals surface area contributed by atoms with Crippen molar-refractivity contribution in [3.63, 3.8) is 0 Å². The first-order chi connectivity index (χ1) is 13.9. The number of hydrogen-bond donors (Lipinski definition) is 1. The van der Waals surface area contributed by atoms with Crippen LogP contribution in [0.1, 0.15) is 41.4 Å². The summed E-state index contributed by atoms with van der Waals surface area (Å²) in [6.45, 7) is 6.98. The Morgan fingerprint density at radius 1 is 1.28 bits per heavy atom. The molecule has 1 aromatic carbocycles. The van der Waals surface area contributed by atoms with Crippen LogP contribution in [0.15, 0.2) is 34.9 Å². The zero-order chi connectivity index (χ0) is 20.5. The van der Waals surface area contributed by atoms with E-state index in [2.05, 4.69) is 15.5 Å². The summed E-state index contributed by atoms with van der Waals surface area (Å²) in [7, 11) is 0. The van der Waals surface area contributed by atoms with Crippen LogP contribution in [0, 0.1) is 13.8 Å². The normalized spacial score (nSPS) is 15.1. The van der Waals surface area contributed by atoms with E-state index in [0.717, 1.165) is 24.1 Å². The third-order valence-corrected chi connectivity index (χ3v) is 5.25. The van der Waals surface area contributed by atoms with Gasteiger partial charge in [0.25, 0.3) is 11.6 Å². The van der Waals surface area contributed by atoms with Crippen LogP contribution >= 0.6 is 0 Å². The average molecular weight is 392 g/mol. The number of amides is 2. The molecule has 4 rings (SSSR count). The SMILES string of the molecule is Cc1ccc(-c2cc(C(=O)NC(C)CN3CCCC3=O)c3c(C)noc3n2)cc1. The van der Waals surface area contributed by atoms with Crippen molar-refractivity contribution >= 4 is 22.9 Å². The first-order valence-electron chi connectivity index (χ1n) is 9.85. The van der Waals surface area contributed by atoms with Crippen molar-refractivity contribution in [1.29, 1.82) is 0 Å². The molecule has 1 unspecified atom stereocenters. The van der Waals surface area contributed by atoms with Gasteiger partial charge in [-0.1, -0.05) is 35.0 Å². The summed E-state index contributed by atoms with van der Waals surface area (Å²) >= 11 is 0. The second-order valence-electron chi connectivity index (χ2n) is 7.69. The van der Waals surface area contributed by atoms with Crippen molar-refractivity contribution < 1.29 is 14.1 Å². The summed E-state index contributed by atoms with van der Waals surface area (Å²) in [5.41, 5.74) is 4.14. The third kappa shape index (κ3) is 3.85. The summed E-state index contributed by atoms with van der Waals surface area (Å²) < 4.78 is 5.36. The standard InChI is InChI=1S/C22H24N4O3/c1-13-6-8-16(9-7-13)18-11-17(20-15(3)25-29-22(20)24-18)21(28)23-14(2)12-26-10-4-5-19(26)27/h6-9,11,14H,4-5,10,12H2,1-3H3,(H,23,28). The van der Waals surface area contributed by atoms with Gasteiger partial charge in [-0.3, -0.25) is 9.59 Å². The van der Waals surface area contributed by atoms with E-state index in [4.69, 9.17) is 4.52 Å². The lowest BCUT2D eigenvalue weighted by Gasteiger charge is -2.21. The van der Waals surface area contributed by atoms with Crippen LogP contribution in [0.25, 0.3) is 22.4 Å². The van der Waals surface area contributed by atoms with E-state index in [1.807, 2.05) is 38.1 Å². The second kappa shape index (κ2) is 7.66. The molecule has 1 fully saturated rings. The third-order valence-electron chi connectivity index (χ3n) is 5.25. The van der Waals surface area contributed by atoms with Crippen LogP contribution in [0.5, 0.6) is 0 Å². The van der Waals surface area contributed by atoms with Crippen LogP contribution in [0.4, 0.5) is 0 Å². The molecule has 1 N–H and O–H groups in total. The monoisotopic (exact) mass is 392 g/mol. The summed E-state index contributed by atoms with van der Waals surface area (Å²) in [5, 5.41) is 7.61. The lowest BCUT2D eigenvalue weighted by atomic mass is 10.0. The molecule has 0 aliphatic carbocycles. The molecule has 0 bridgehead atoms. The molecule has 0 spiro atoms. The van der Waals surface area contributed by atoms with E-state index >= 15 is 0 Å².